The van der Waals surface area contributed by atoms with E-state index in [-0.39, 0.29) is 5.69 Å². The number of hydrogen-bond donors (Lipinski definition) is 2. The summed E-state index contributed by atoms with van der Waals surface area (Å²) < 4.78 is 37.9. The molecule has 4 nitrogen and oxygen atoms in total. The molecule has 0 aliphatic heterocycles. The topological polar surface area (TPSA) is 58.4 Å². The van der Waals surface area contributed by atoms with Crippen molar-refractivity contribution >= 4 is 11.6 Å². The van der Waals surface area contributed by atoms with Crippen LogP contribution in [-0.2, 0) is 11.3 Å². The molecule has 0 radical (unpaired) electrons. The summed E-state index contributed by atoms with van der Waals surface area (Å²) in [5.74, 6) is -1.29. The fourth-order valence-electron chi connectivity index (χ4n) is 1.50. The van der Waals surface area contributed by atoms with Crippen molar-refractivity contribution in [2.75, 3.05) is 19.4 Å². The Hall–Kier alpha value is -1.60. The first kappa shape index (κ1) is 16.5. The highest BCUT2D eigenvalue weighted by Crippen LogP contribution is 2.29. The second-order valence-electron chi connectivity index (χ2n) is 5.09. The van der Waals surface area contributed by atoms with E-state index in [0.717, 1.165) is 5.56 Å². The highest BCUT2D eigenvalue weighted by atomic mass is 19.4. The standard InChI is InChI=1S/C13H18F3N3O/c1-12(17,13(14,15)16)11(20)18-10-6-4-5-9(7-10)8-19(2)3/h4-7H,8,17H2,1-3H3,(H,18,20). The minimum Gasteiger partial charge on any atom is -0.324 e. The SMILES string of the molecule is CN(C)Cc1cccc(NC(=O)C(C)(N)C(F)(F)F)c1. The molecule has 0 bridgehead atoms. The number of nitrogens with one attached hydrogen (secondary N) is 1. The molecule has 1 aromatic carbocycles. The molecule has 0 aromatic heterocycles. The zero-order valence-corrected chi connectivity index (χ0v) is 11.6. The van der Waals surface area contributed by atoms with Gasteiger partial charge in [0.2, 0.25) is 0 Å². The Labute approximate surface area is 115 Å². The van der Waals surface area contributed by atoms with Crippen molar-refractivity contribution in [3.8, 4) is 0 Å². The van der Waals surface area contributed by atoms with Gasteiger partial charge in [-0.2, -0.15) is 13.2 Å². The van der Waals surface area contributed by atoms with E-state index < -0.39 is 17.6 Å². The van der Waals surface area contributed by atoms with Crippen LogP contribution in [0.2, 0.25) is 0 Å². The van der Waals surface area contributed by atoms with Crippen molar-refractivity contribution in [2.45, 2.75) is 25.2 Å². The third-order valence-electron chi connectivity index (χ3n) is 2.74. The van der Waals surface area contributed by atoms with E-state index >= 15 is 0 Å². The normalized spacial score (nSPS) is 15.0. The minimum atomic E-state index is -4.81. The Kier molecular flexibility index (Phi) is 4.77. The van der Waals surface area contributed by atoms with Crippen LogP contribution in [0.15, 0.2) is 24.3 Å². The van der Waals surface area contributed by atoms with Crippen LogP contribution in [0.3, 0.4) is 0 Å². The molecule has 1 unspecified atom stereocenters. The largest absolute Gasteiger partial charge is 0.415 e. The molecular formula is C13H18F3N3O. The van der Waals surface area contributed by atoms with Crippen LogP contribution in [0.4, 0.5) is 18.9 Å². The van der Waals surface area contributed by atoms with Crippen LogP contribution < -0.4 is 11.1 Å². The lowest BCUT2D eigenvalue weighted by atomic mass is 10.0. The lowest BCUT2D eigenvalue weighted by molar-refractivity contribution is -0.184. The van der Waals surface area contributed by atoms with Crippen molar-refractivity contribution in [2.24, 2.45) is 5.73 Å². The highest BCUT2D eigenvalue weighted by Gasteiger charge is 2.53. The molecule has 0 spiro atoms. The molecule has 0 fully saturated rings. The highest BCUT2D eigenvalue weighted by molar-refractivity contribution is 5.98. The number of nitrogens with zero attached hydrogens (tertiary/aromatic N) is 1. The number of anilines is 1. The first-order valence-electron chi connectivity index (χ1n) is 5.95. The Bertz CT molecular complexity index is 484. The van der Waals surface area contributed by atoms with Gasteiger partial charge in [0, 0.05) is 12.2 Å². The zero-order chi connectivity index (χ0) is 15.6. The number of amides is 1. The number of carbonyl (C=O) groups excluding carboxylic acids is 1. The summed E-state index contributed by atoms with van der Waals surface area (Å²) in [7, 11) is 3.73. The number of hydrogen-bond acceptors (Lipinski definition) is 3. The molecule has 0 heterocycles. The van der Waals surface area contributed by atoms with E-state index in [2.05, 4.69) is 5.32 Å². The summed E-state index contributed by atoms with van der Waals surface area (Å²) in [4.78, 5) is 13.6. The summed E-state index contributed by atoms with van der Waals surface area (Å²) in [6.45, 7) is 1.26. The van der Waals surface area contributed by atoms with Crippen molar-refractivity contribution in [3.05, 3.63) is 29.8 Å². The first-order chi connectivity index (χ1) is 9.04. The van der Waals surface area contributed by atoms with Crippen LogP contribution in [-0.4, -0.2) is 36.6 Å². The lowest BCUT2D eigenvalue weighted by Gasteiger charge is -2.26. The van der Waals surface area contributed by atoms with Gasteiger partial charge in [0.1, 0.15) is 0 Å². The Morgan fingerprint density at radius 3 is 2.45 bits per heavy atom. The molecule has 3 N–H and O–H groups in total. The number of nitrogens with two attached hydrogens (primary N) is 1. The summed E-state index contributed by atoms with van der Waals surface area (Å²) in [5, 5.41) is 2.20. The maximum atomic E-state index is 12.6. The van der Waals surface area contributed by atoms with Gasteiger partial charge in [-0.25, -0.2) is 0 Å². The monoisotopic (exact) mass is 289 g/mol. The average molecular weight is 289 g/mol. The maximum Gasteiger partial charge on any atom is 0.415 e. The van der Waals surface area contributed by atoms with Crippen LogP contribution in [0.5, 0.6) is 0 Å². The van der Waals surface area contributed by atoms with E-state index in [1.54, 1.807) is 12.1 Å². The average Bonchev–Trinajstić information content (AvgIpc) is 2.26. The molecule has 7 heteroatoms. The van der Waals surface area contributed by atoms with Gasteiger partial charge in [-0.3, -0.25) is 4.79 Å². The van der Waals surface area contributed by atoms with Crippen LogP contribution >= 0.6 is 0 Å². The smallest absolute Gasteiger partial charge is 0.324 e. The molecule has 1 atom stereocenters. The maximum absolute atomic E-state index is 12.6. The Morgan fingerprint density at radius 1 is 1.35 bits per heavy atom. The fraction of sp³-hybridized carbons (Fsp3) is 0.462. The minimum absolute atomic E-state index is 0.287. The molecular weight excluding hydrogens is 271 g/mol. The lowest BCUT2D eigenvalue weighted by Crippen LogP contribution is -2.59. The number of benzene rings is 1. The van der Waals surface area contributed by atoms with Gasteiger partial charge >= 0.3 is 6.18 Å². The molecule has 1 rings (SSSR count). The van der Waals surface area contributed by atoms with Gasteiger partial charge in [-0.1, -0.05) is 12.1 Å². The summed E-state index contributed by atoms with van der Waals surface area (Å²) in [5.41, 5.74) is 3.29. The Morgan fingerprint density at radius 2 is 1.95 bits per heavy atom. The zero-order valence-electron chi connectivity index (χ0n) is 11.6. The predicted octanol–water partition coefficient (Wildman–Crippen LogP) is 1.97. The second kappa shape index (κ2) is 5.80. The third kappa shape index (κ3) is 3.94. The van der Waals surface area contributed by atoms with Crippen LogP contribution in [0.1, 0.15) is 12.5 Å². The van der Waals surface area contributed by atoms with Gasteiger partial charge in [-0.05, 0) is 38.7 Å². The van der Waals surface area contributed by atoms with Crippen molar-refractivity contribution in [3.63, 3.8) is 0 Å². The van der Waals surface area contributed by atoms with Gasteiger partial charge in [0.05, 0.1) is 0 Å². The molecule has 1 amide bonds. The summed E-state index contributed by atoms with van der Waals surface area (Å²) >= 11 is 0. The van der Waals surface area contributed by atoms with Gasteiger partial charge in [-0.15, -0.1) is 0 Å². The van der Waals surface area contributed by atoms with Crippen molar-refractivity contribution in [1.29, 1.82) is 0 Å². The summed E-state index contributed by atoms with van der Waals surface area (Å²) in [6, 6.07) is 6.62. The number of carbonyl (C=O) groups is 1. The third-order valence-corrected chi connectivity index (χ3v) is 2.74. The van der Waals surface area contributed by atoms with Gasteiger partial charge < -0.3 is 16.0 Å². The van der Waals surface area contributed by atoms with E-state index in [1.165, 1.54) is 6.07 Å². The van der Waals surface area contributed by atoms with Crippen LogP contribution in [0, 0.1) is 0 Å². The molecule has 112 valence electrons. The number of halogens is 3. The van der Waals surface area contributed by atoms with E-state index in [9.17, 15) is 18.0 Å². The van der Waals surface area contributed by atoms with Crippen LogP contribution in [0.25, 0.3) is 0 Å². The molecule has 1 aromatic rings. The molecule has 0 aliphatic carbocycles. The molecule has 0 aliphatic rings. The first-order valence-corrected chi connectivity index (χ1v) is 5.95. The van der Waals surface area contributed by atoms with Crippen molar-refractivity contribution in [1.82, 2.24) is 4.90 Å². The number of rotatable bonds is 4. The fourth-order valence-corrected chi connectivity index (χ4v) is 1.50. The molecule has 0 saturated heterocycles. The number of alkyl halides is 3. The molecule has 0 saturated carbocycles. The predicted molar refractivity (Wildman–Crippen MR) is 71.1 cm³/mol. The summed E-state index contributed by atoms with van der Waals surface area (Å²) in [6.07, 6.45) is -4.81. The van der Waals surface area contributed by atoms with E-state index in [1.807, 2.05) is 25.1 Å². The van der Waals surface area contributed by atoms with E-state index in [4.69, 9.17) is 5.73 Å². The second-order valence-corrected chi connectivity index (χ2v) is 5.09. The Balaban J connectivity index is 2.86. The van der Waals surface area contributed by atoms with Gasteiger partial charge in [0.25, 0.3) is 5.91 Å². The van der Waals surface area contributed by atoms with Gasteiger partial charge in [0.15, 0.2) is 5.54 Å². The van der Waals surface area contributed by atoms with Crippen molar-refractivity contribution < 1.29 is 18.0 Å². The molecule has 20 heavy (non-hydrogen) atoms. The quantitative estimate of drug-likeness (QED) is 0.891. The van der Waals surface area contributed by atoms with E-state index in [0.29, 0.717) is 13.5 Å².